The Bertz CT molecular complexity index is 543. The summed E-state index contributed by atoms with van der Waals surface area (Å²) in [6.45, 7) is 1.33. The minimum atomic E-state index is -0.270. The molecule has 0 fully saturated rings. The fraction of sp³-hybridized carbons (Fsp3) is 0.308. The molecule has 1 aliphatic rings. The van der Waals surface area contributed by atoms with Crippen LogP contribution in [0.15, 0.2) is 30.6 Å². The topological polar surface area (TPSA) is 27.1 Å². The maximum absolute atomic E-state index is 13.1. The molecule has 0 saturated heterocycles. The number of fused-ring (bicyclic) bond motifs is 3. The average molecular weight is 392 g/mol. The summed E-state index contributed by atoms with van der Waals surface area (Å²) in [6, 6.07) is 4.51. The highest BCUT2D eigenvalue weighted by atomic mass is 79.9. The number of nitrogens with zero attached hydrogens (tertiary/aromatic N) is 2. The van der Waals surface area contributed by atoms with E-state index in [0.29, 0.717) is 12.4 Å². The minimum Gasteiger partial charge on any atom is -0.491 e. The molecule has 0 saturated carbocycles. The van der Waals surface area contributed by atoms with Crippen LogP contribution in [0.3, 0.4) is 0 Å². The lowest BCUT2D eigenvalue weighted by Crippen LogP contribution is -2.04. The van der Waals surface area contributed by atoms with E-state index < -0.39 is 0 Å². The summed E-state index contributed by atoms with van der Waals surface area (Å²) in [7, 11) is 0. The van der Waals surface area contributed by atoms with E-state index in [9.17, 15) is 4.39 Å². The fourth-order valence-electron chi connectivity index (χ4n) is 1.79. The molecule has 0 unspecified atom stereocenters. The van der Waals surface area contributed by atoms with Crippen molar-refractivity contribution in [2.45, 2.75) is 6.54 Å². The second-order valence-corrected chi connectivity index (χ2v) is 5.40. The van der Waals surface area contributed by atoms with Gasteiger partial charge in [0, 0.05) is 23.1 Å². The molecule has 19 heavy (non-hydrogen) atoms. The molecule has 0 radical (unpaired) electrons. The van der Waals surface area contributed by atoms with Crippen LogP contribution in [0.1, 0.15) is 0 Å². The largest absolute Gasteiger partial charge is 0.491 e. The quantitative estimate of drug-likeness (QED) is 0.690. The molecule has 102 valence electrons. The Labute approximate surface area is 128 Å². The SMILES string of the molecule is BrCCBr.Fc1ccc2c(c1)-c1nccn1CCO2. The maximum atomic E-state index is 13.1. The molecule has 0 atom stereocenters. The Hall–Kier alpha value is -0.880. The van der Waals surface area contributed by atoms with E-state index in [0.717, 1.165) is 28.6 Å². The molecule has 0 aliphatic carbocycles. The Morgan fingerprint density at radius 2 is 2.11 bits per heavy atom. The number of hydrogen-bond acceptors (Lipinski definition) is 2. The van der Waals surface area contributed by atoms with Gasteiger partial charge in [0.2, 0.25) is 0 Å². The van der Waals surface area contributed by atoms with E-state index in [-0.39, 0.29) is 5.82 Å². The third-order valence-electron chi connectivity index (χ3n) is 2.56. The minimum absolute atomic E-state index is 0.270. The summed E-state index contributed by atoms with van der Waals surface area (Å²) in [4.78, 5) is 4.22. The molecule has 1 aromatic carbocycles. The average Bonchev–Trinajstić information content (AvgIpc) is 2.82. The Kier molecular flexibility index (Phi) is 5.39. The molecule has 2 aromatic rings. The molecule has 0 amide bonds. The molecular formula is C13H13Br2FN2O. The lowest BCUT2D eigenvalue weighted by Gasteiger charge is -2.05. The highest BCUT2D eigenvalue weighted by molar-refractivity contribution is 9.11. The third-order valence-corrected chi connectivity index (χ3v) is 4.42. The molecule has 0 spiro atoms. The summed E-state index contributed by atoms with van der Waals surface area (Å²) < 4.78 is 20.6. The standard InChI is InChI=1S/C11H9FN2O.C2H4Br2/c12-8-1-2-10-9(7-8)11-13-3-4-14(11)5-6-15-10;3-1-2-4/h1-4,7H,5-6H2;1-2H2. The molecule has 3 rings (SSSR count). The maximum Gasteiger partial charge on any atom is 0.143 e. The summed E-state index contributed by atoms with van der Waals surface area (Å²) in [5.41, 5.74) is 0.720. The van der Waals surface area contributed by atoms with Crippen LogP contribution in [0.5, 0.6) is 5.75 Å². The van der Waals surface area contributed by atoms with Crippen LogP contribution in [0, 0.1) is 5.82 Å². The number of ether oxygens (including phenoxy) is 1. The van der Waals surface area contributed by atoms with Crippen molar-refractivity contribution >= 4 is 31.9 Å². The highest BCUT2D eigenvalue weighted by Gasteiger charge is 2.16. The van der Waals surface area contributed by atoms with Gasteiger partial charge in [-0.2, -0.15) is 0 Å². The van der Waals surface area contributed by atoms with Gasteiger partial charge in [-0.15, -0.1) is 0 Å². The van der Waals surface area contributed by atoms with Crippen LogP contribution < -0.4 is 4.74 Å². The second-order valence-electron chi connectivity index (χ2n) is 3.81. The van der Waals surface area contributed by atoms with Gasteiger partial charge in [-0.3, -0.25) is 0 Å². The van der Waals surface area contributed by atoms with Crippen molar-refractivity contribution in [3.05, 3.63) is 36.4 Å². The van der Waals surface area contributed by atoms with Crippen LogP contribution >= 0.6 is 31.9 Å². The van der Waals surface area contributed by atoms with Crippen LogP contribution in [-0.2, 0) is 6.54 Å². The van der Waals surface area contributed by atoms with Gasteiger partial charge in [0.15, 0.2) is 0 Å². The van der Waals surface area contributed by atoms with E-state index in [4.69, 9.17) is 4.74 Å². The van der Waals surface area contributed by atoms with Gasteiger partial charge in [0.25, 0.3) is 0 Å². The van der Waals surface area contributed by atoms with Crippen LogP contribution in [-0.4, -0.2) is 26.8 Å². The van der Waals surface area contributed by atoms with Gasteiger partial charge in [0.05, 0.1) is 12.1 Å². The van der Waals surface area contributed by atoms with E-state index in [1.165, 1.54) is 12.1 Å². The zero-order valence-corrected chi connectivity index (χ0v) is 13.3. The summed E-state index contributed by atoms with van der Waals surface area (Å²) in [5, 5.41) is 2.10. The van der Waals surface area contributed by atoms with Crippen molar-refractivity contribution in [2.24, 2.45) is 0 Å². The summed E-state index contributed by atoms with van der Waals surface area (Å²) >= 11 is 6.40. The highest BCUT2D eigenvalue weighted by Crippen LogP contribution is 2.31. The smallest absolute Gasteiger partial charge is 0.143 e. The van der Waals surface area contributed by atoms with Crippen molar-refractivity contribution in [1.82, 2.24) is 9.55 Å². The predicted octanol–water partition coefficient (Wildman–Crippen LogP) is 3.86. The van der Waals surface area contributed by atoms with Crippen LogP contribution in [0.25, 0.3) is 11.4 Å². The molecule has 1 aliphatic heterocycles. The van der Waals surface area contributed by atoms with Crippen molar-refractivity contribution in [1.29, 1.82) is 0 Å². The lowest BCUT2D eigenvalue weighted by atomic mass is 10.2. The summed E-state index contributed by atoms with van der Waals surface area (Å²) in [5.74, 6) is 1.19. The fourth-order valence-corrected chi connectivity index (χ4v) is 1.79. The molecule has 6 heteroatoms. The molecule has 2 heterocycles. The normalized spacial score (nSPS) is 12.4. The molecule has 0 bridgehead atoms. The van der Waals surface area contributed by atoms with Gasteiger partial charge in [-0.25, -0.2) is 9.37 Å². The van der Waals surface area contributed by atoms with Gasteiger partial charge in [-0.1, -0.05) is 31.9 Å². The first-order valence-electron chi connectivity index (χ1n) is 5.82. The van der Waals surface area contributed by atoms with E-state index in [1.54, 1.807) is 12.3 Å². The third kappa shape index (κ3) is 3.57. The molecular weight excluding hydrogens is 379 g/mol. The Morgan fingerprint density at radius 3 is 2.84 bits per heavy atom. The first-order chi connectivity index (χ1) is 9.26. The number of halogens is 3. The number of benzene rings is 1. The molecule has 0 N–H and O–H groups in total. The number of hydrogen-bond donors (Lipinski definition) is 0. The number of aromatic nitrogens is 2. The Morgan fingerprint density at radius 1 is 1.32 bits per heavy atom. The summed E-state index contributed by atoms with van der Waals surface area (Å²) in [6.07, 6.45) is 3.59. The molecule has 3 nitrogen and oxygen atoms in total. The van der Waals surface area contributed by atoms with Gasteiger partial charge >= 0.3 is 0 Å². The second kappa shape index (κ2) is 7.05. The van der Waals surface area contributed by atoms with Crippen molar-refractivity contribution in [2.75, 3.05) is 17.3 Å². The van der Waals surface area contributed by atoms with Crippen molar-refractivity contribution in [3.8, 4) is 17.1 Å². The van der Waals surface area contributed by atoms with E-state index >= 15 is 0 Å². The predicted molar refractivity (Wildman–Crippen MR) is 80.7 cm³/mol. The Balaban J connectivity index is 0.000000297. The van der Waals surface area contributed by atoms with Gasteiger partial charge in [-0.05, 0) is 18.2 Å². The number of rotatable bonds is 1. The van der Waals surface area contributed by atoms with Crippen molar-refractivity contribution < 1.29 is 9.13 Å². The lowest BCUT2D eigenvalue weighted by molar-refractivity contribution is 0.306. The van der Waals surface area contributed by atoms with Crippen molar-refractivity contribution in [3.63, 3.8) is 0 Å². The number of alkyl halides is 2. The first-order valence-corrected chi connectivity index (χ1v) is 8.06. The van der Waals surface area contributed by atoms with Gasteiger partial charge in [0.1, 0.15) is 24.0 Å². The van der Waals surface area contributed by atoms with Crippen LogP contribution in [0.2, 0.25) is 0 Å². The van der Waals surface area contributed by atoms with E-state index in [1.807, 2.05) is 10.8 Å². The molecule has 1 aromatic heterocycles. The zero-order chi connectivity index (χ0) is 13.7. The zero-order valence-electron chi connectivity index (χ0n) is 10.2. The van der Waals surface area contributed by atoms with Crippen LogP contribution in [0.4, 0.5) is 4.39 Å². The van der Waals surface area contributed by atoms with Gasteiger partial charge < -0.3 is 9.30 Å². The monoisotopic (exact) mass is 390 g/mol. The number of imidazole rings is 1. The first kappa shape index (κ1) is 14.5. The van der Waals surface area contributed by atoms with E-state index in [2.05, 4.69) is 36.8 Å².